The molecule has 0 unspecified atom stereocenters. The average molecular weight is 550 g/mol. The van der Waals surface area contributed by atoms with Crippen molar-refractivity contribution in [1.82, 2.24) is 14.5 Å². The minimum absolute atomic E-state index is 0.279. The summed E-state index contributed by atoms with van der Waals surface area (Å²) in [6.45, 7) is 8.78. The highest BCUT2D eigenvalue weighted by Crippen LogP contribution is 2.37. The van der Waals surface area contributed by atoms with Crippen molar-refractivity contribution in [3.05, 3.63) is 71.7 Å². The number of likely N-dealkylation sites (tertiary alicyclic amines) is 1. The van der Waals surface area contributed by atoms with E-state index in [0.717, 1.165) is 47.5 Å². The van der Waals surface area contributed by atoms with Crippen LogP contribution in [-0.2, 0) is 22.5 Å². The van der Waals surface area contributed by atoms with Gasteiger partial charge < -0.3 is 14.6 Å². The van der Waals surface area contributed by atoms with Gasteiger partial charge in [-0.3, -0.25) is 4.98 Å². The van der Waals surface area contributed by atoms with Crippen LogP contribution < -0.4 is 0 Å². The third kappa shape index (κ3) is 5.38. The maximum atomic E-state index is 15.5. The number of fused-ring (bicyclic) bond motifs is 1. The van der Waals surface area contributed by atoms with Gasteiger partial charge in [0.05, 0.1) is 21.7 Å². The summed E-state index contributed by atoms with van der Waals surface area (Å²) in [6, 6.07) is 15.9. The van der Waals surface area contributed by atoms with Gasteiger partial charge in [0.1, 0.15) is 5.82 Å². The average Bonchev–Trinajstić information content (AvgIpc) is 3.21. The second-order valence-electron chi connectivity index (χ2n) is 11.3. The molecule has 3 heterocycles. The fraction of sp³-hybridized carbons (Fsp3) is 0.387. The number of benzene rings is 2. The number of halogens is 1. The third-order valence-corrected chi connectivity index (χ3v) is 9.01. The fourth-order valence-corrected chi connectivity index (χ4v) is 6.36. The lowest BCUT2D eigenvalue weighted by Gasteiger charge is -2.39. The van der Waals surface area contributed by atoms with Crippen LogP contribution in [0.2, 0.25) is 0 Å². The van der Waals surface area contributed by atoms with E-state index in [2.05, 4.69) is 18.7 Å². The first-order chi connectivity index (χ1) is 18.4. The molecule has 206 valence electrons. The minimum atomic E-state index is -3.27. The van der Waals surface area contributed by atoms with E-state index < -0.39 is 21.3 Å². The summed E-state index contributed by atoms with van der Waals surface area (Å²) in [5.74, 6) is 0.145. The van der Waals surface area contributed by atoms with Crippen LogP contribution in [0.15, 0.2) is 59.5 Å². The van der Waals surface area contributed by atoms with Crippen LogP contribution in [0, 0.1) is 18.7 Å². The number of aliphatic hydroxyl groups is 1. The number of aryl methyl sites for hydroxylation is 2. The number of sulfone groups is 1. The smallest absolute Gasteiger partial charge is 0.175 e. The molecule has 0 aliphatic carbocycles. The number of hydrogen-bond acceptors (Lipinski definition) is 5. The van der Waals surface area contributed by atoms with E-state index >= 15 is 4.39 Å². The molecule has 5 rings (SSSR count). The summed E-state index contributed by atoms with van der Waals surface area (Å²) in [5.41, 5.74) is 4.09. The van der Waals surface area contributed by atoms with E-state index in [-0.39, 0.29) is 4.90 Å². The molecule has 0 spiro atoms. The number of rotatable bonds is 6. The molecule has 1 saturated heterocycles. The first-order valence-corrected chi connectivity index (χ1v) is 15.3. The minimum Gasteiger partial charge on any atom is -0.385 e. The van der Waals surface area contributed by atoms with Crippen LogP contribution in [0.5, 0.6) is 0 Å². The Hall–Kier alpha value is -3.07. The normalized spacial score (nSPS) is 16.3. The Bertz CT molecular complexity index is 1630. The predicted octanol–water partition coefficient (Wildman–Crippen LogP) is 5.70. The van der Waals surface area contributed by atoms with Crippen LogP contribution in [0.3, 0.4) is 0 Å². The predicted molar refractivity (Wildman–Crippen MR) is 154 cm³/mol. The van der Waals surface area contributed by atoms with E-state index in [4.69, 9.17) is 4.98 Å². The number of aromatic nitrogens is 2. The van der Waals surface area contributed by atoms with Crippen molar-refractivity contribution in [3.63, 3.8) is 0 Å². The molecule has 0 amide bonds. The zero-order chi connectivity index (χ0) is 28.1. The van der Waals surface area contributed by atoms with Crippen molar-refractivity contribution in [3.8, 4) is 22.5 Å². The van der Waals surface area contributed by atoms with Gasteiger partial charge in [0.15, 0.2) is 9.84 Å². The van der Waals surface area contributed by atoms with Crippen molar-refractivity contribution < 1.29 is 17.9 Å². The van der Waals surface area contributed by atoms with E-state index in [1.54, 1.807) is 30.3 Å². The molecule has 39 heavy (non-hydrogen) atoms. The Morgan fingerprint density at radius 1 is 1.03 bits per heavy atom. The van der Waals surface area contributed by atoms with Crippen LogP contribution in [0.25, 0.3) is 33.4 Å². The summed E-state index contributed by atoms with van der Waals surface area (Å²) in [7, 11) is -1.32. The lowest BCUT2D eigenvalue weighted by atomic mass is 9.83. The lowest BCUT2D eigenvalue weighted by molar-refractivity contribution is -0.0304. The monoisotopic (exact) mass is 549 g/mol. The van der Waals surface area contributed by atoms with Gasteiger partial charge in [0.2, 0.25) is 0 Å². The van der Waals surface area contributed by atoms with Gasteiger partial charge in [0, 0.05) is 60.8 Å². The van der Waals surface area contributed by atoms with E-state index in [0.29, 0.717) is 35.6 Å². The van der Waals surface area contributed by atoms with Crippen LogP contribution in [0.1, 0.15) is 37.9 Å². The maximum absolute atomic E-state index is 15.5. The van der Waals surface area contributed by atoms with Gasteiger partial charge in [-0.2, -0.15) is 0 Å². The Morgan fingerprint density at radius 2 is 1.67 bits per heavy atom. The van der Waals surface area contributed by atoms with Crippen molar-refractivity contribution in [2.45, 2.75) is 44.1 Å². The summed E-state index contributed by atoms with van der Waals surface area (Å²) >= 11 is 0. The van der Waals surface area contributed by atoms with Gasteiger partial charge in [-0.1, -0.05) is 38.1 Å². The highest BCUT2D eigenvalue weighted by molar-refractivity contribution is 7.90. The molecule has 0 bridgehead atoms. The first-order valence-electron chi connectivity index (χ1n) is 13.4. The molecular weight excluding hydrogens is 513 g/mol. The highest BCUT2D eigenvalue weighted by Gasteiger charge is 2.36. The van der Waals surface area contributed by atoms with Crippen LogP contribution in [-0.4, -0.2) is 53.9 Å². The number of nitrogens with zero attached hydrogens (tertiary/aromatic N) is 3. The SMILES string of the molecule is Cc1nc(-c2ccc(C3(O)CCN(CC(C)C)CC3)c(F)c2)cc2c1cc(-c1ccc(S(C)(=O)=O)cc1)n2C. The summed E-state index contributed by atoms with van der Waals surface area (Å²) < 4.78 is 41.2. The summed E-state index contributed by atoms with van der Waals surface area (Å²) in [5, 5.41) is 12.3. The fourth-order valence-electron chi connectivity index (χ4n) is 5.73. The van der Waals surface area contributed by atoms with Crippen molar-refractivity contribution in [2.75, 3.05) is 25.9 Å². The Labute approximate surface area is 230 Å². The molecule has 1 N–H and O–H groups in total. The maximum Gasteiger partial charge on any atom is 0.175 e. The van der Waals surface area contributed by atoms with Gasteiger partial charge >= 0.3 is 0 Å². The molecule has 1 fully saturated rings. The molecule has 4 aromatic rings. The Balaban J connectivity index is 1.45. The van der Waals surface area contributed by atoms with Crippen LogP contribution in [0.4, 0.5) is 4.39 Å². The highest BCUT2D eigenvalue weighted by atomic mass is 32.2. The summed E-state index contributed by atoms with van der Waals surface area (Å²) in [4.78, 5) is 7.39. The van der Waals surface area contributed by atoms with Gasteiger partial charge in [-0.25, -0.2) is 12.8 Å². The van der Waals surface area contributed by atoms with E-state index in [1.165, 1.54) is 12.3 Å². The molecule has 2 aromatic heterocycles. The molecule has 2 aromatic carbocycles. The molecule has 8 heteroatoms. The first kappa shape index (κ1) is 27.5. The molecule has 6 nitrogen and oxygen atoms in total. The number of pyridine rings is 1. The molecule has 1 aliphatic rings. The third-order valence-electron chi connectivity index (χ3n) is 7.88. The van der Waals surface area contributed by atoms with Gasteiger partial charge in [-0.15, -0.1) is 0 Å². The zero-order valence-electron chi connectivity index (χ0n) is 23.2. The molecule has 0 atom stereocenters. The topological polar surface area (TPSA) is 75.4 Å². The zero-order valence-corrected chi connectivity index (χ0v) is 24.0. The van der Waals surface area contributed by atoms with Gasteiger partial charge in [0.25, 0.3) is 0 Å². The quantitative estimate of drug-likeness (QED) is 0.334. The summed E-state index contributed by atoms with van der Waals surface area (Å²) in [6.07, 6.45) is 2.22. The second kappa shape index (κ2) is 10.2. The Kier molecular flexibility index (Phi) is 7.16. The van der Waals surface area contributed by atoms with E-state index in [1.807, 2.05) is 36.7 Å². The lowest BCUT2D eigenvalue weighted by Crippen LogP contribution is -2.44. The largest absolute Gasteiger partial charge is 0.385 e. The standard InChI is InChI=1S/C31H36FN3O3S/c1-20(2)19-35-14-12-31(36,13-15-35)26-11-8-23(16-27(26)32)28-18-30-25(21(3)33-28)17-29(34(30)4)22-6-9-24(10-7-22)39(5,37)38/h6-11,16-18,20,36H,12-15,19H2,1-5H3. The number of piperidine rings is 1. The van der Waals surface area contributed by atoms with Crippen molar-refractivity contribution in [2.24, 2.45) is 13.0 Å². The second-order valence-corrected chi connectivity index (χ2v) is 13.3. The number of hydrogen-bond donors (Lipinski definition) is 1. The van der Waals surface area contributed by atoms with E-state index in [9.17, 15) is 13.5 Å². The van der Waals surface area contributed by atoms with Crippen LogP contribution >= 0.6 is 0 Å². The molecule has 0 radical (unpaired) electrons. The van der Waals surface area contributed by atoms with Crippen molar-refractivity contribution in [1.29, 1.82) is 0 Å². The van der Waals surface area contributed by atoms with Crippen molar-refractivity contribution >= 4 is 20.7 Å². The molecule has 0 saturated carbocycles. The van der Waals surface area contributed by atoms with Gasteiger partial charge in [-0.05, 0) is 61.6 Å². The molecular formula is C31H36FN3O3S. The molecule has 1 aliphatic heterocycles. The Morgan fingerprint density at radius 3 is 2.26 bits per heavy atom.